The lowest BCUT2D eigenvalue weighted by Gasteiger charge is -2.06. The first-order valence-electron chi connectivity index (χ1n) is 6.06. The lowest BCUT2D eigenvalue weighted by Crippen LogP contribution is -2.25. The molecule has 0 atom stereocenters. The molecular formula is C15H21NO. The van der Waals surface area contributed by atoms with Crippen LogP contribution in [-0.4, -0.2) is 12.5 Å². The Labute approximate surface area is 104 Å². The summed E-state index contributed by atoms with van der Waals surface area (Å²) in [5, 5.41) is 2.94. The van der Waals surface area contributed by atoms with Gasteiger partial charge in [0.05, 0.1) is 0 Å². The second-order valence-electron chi connectivity index (χ2n) is 4.40. The van der Waals surface area contributed by atoms with Crippen molar-refractivity contribution in [3.63, 3.8) is 0 Å². The number of nitrogens with one attached hydrogen (secondary N) is 1. The zero-order chi connectivity index (χ0) is 12.7. The van der Waals surface area contributed by atoms with Crippen LogP contribution in [-0.2, 0) is 11.2 Å². The highest BCUT2D eigenvalue weighted by Gasteiger charge is 2.01. The molecule has 0 fully saturated rings. The molecule has 0 aliphatic carbocycles. The highest BCUT2D eigenvalue weighted by atomic mass is 16.1. The molecule has 17 heavy (non-hydrogen) atoms. The summed E-state index contributed by atoms with van der Waals surface area (Å²) in [4.78, 5) is 11.5. The van der Waals surface area contributed by atoms with E-state index in [9.17, 15) is 4.79 Å². The number of benzene rings is 1. The Hall–Kier alpha value is -1.57. The van der Waals surface area contributed by atoms with Crippen LogP contribution in [0, 0.1) is 6.92 Å². The second kappa shape index (κ2) is 6.89. The van der Waals surface area contributed by atoms with E-state index in [2.05, 4.69) is 36.5 Å². The van der Waals surface area contributed by atoms with Crippen LogP contribution in [0.1, 0.15) is 31.4 Å². The van der Waals surface area contributed by atoms with Gasteiger partial charge in [-0.2, -0.15) is 0 Å². The number of allylic oxidation sites excluding steroid dienone is 1. The van der Waals surface area contributed by atoms with Crippen LogP contribution in [0.3, 0.4) is 0 Å². The van der Waals surface area contributed by atoms with Crippen LogP contribution in [0.5, 0.6) is 0 Å². The van der Waals surface area contributed by atoms with Crippen molar-refractivity contribution in [3.05, 3.63) is 47.0 Å². The second-order valence-corrected chi connectivity index (χ2v) is 4.40. The molecule has 0 aromatic heterocycles. The third-order valence-electron chi connectivity index (χ3n) is 2.75. The van der Waals surface area contributed by atoms with Crippen LogP contribution < -0.4 is 5.32 Å². The van der Waals surface area contributed by atoms with E-state index in [1.807, 2.05) is 19.9 Å². The molecule has 0 bridgehead atoms. The van der Waals surface area contributed by atoms with E-state index in [1.54, 1.807) is 0 Å². The molecule has 0 aliphatic rings. The maximum absolute atomic E-state index is 11.5. The average molecular weight is 231 g/mol. The Morgan fingerprint density at radius 2 is 2.18 bits per heavy atom. The van der Waals surface area contributed by atoms with Crippen molar-refractivity contribution in [2.75, 3.05) is 6.54 Å². The molecule has 0 heterocycles. The molecule has 0 saturated heterocycles. The minimum Gasteiger partial charge on any atom is -0.355 e. The van der Waals surface area contributed by atoms with Crippen LogP contribution in [0.15, 0.2) is 35.9 Å². The average Bonchev–Trinajstić information content (AvgIpc) is 2.29. The fourth-order valence-corrected chi connectivity index (χ4v) is 1.63. The van der Waals surface area contributed by atoms with Gasteiger partial charge in [0, 0.05) is 13.0 Å². The van der Waals surface area contributed by atoms with Crippen molar-refractivity contribution in [2.45, 2.75) is 33.6 Å². The number of hydrogen-bond acceptors (Lipinski definition) is 1. The van der Waals surface area contributed by atoms with Crippen LogP contribution in [0.2, 0.25) is 0 Å². The molecule has 2 nitrogen and oxygen atoms in total. The summed E-state index contributed by atoms with van der Waals surface area (Å²) in [6, 6.07) is 8.38. The topological polar surface area (TPSA) is 29.1 Å². The summed E-state index contributed by atoms with van der Waals surface area (Å²) in [7, 11) is 0. The van der Waals surface area contributed by atoms with Gasteiger partial charge in [-0.15, -0.1) is 0 Å². The highest BCUT2D eigenvalue weighted by Crippen LogP contribution is 2.04. The number of rotatable bonds is 5. The van der Waals surface area contributed by atoms with E-state index >= 15 is 0 Å². The molecule has 0 aliphatic heterocycles. The Morgan fingerprint density at radius 1 is 1.41 bits per heavy atom. The van der Waals surface area contributed by atoms with Crippen LogP contribution >= 0.6 is 0 Å². The zero-order valence-electron chi connectivity index (χ0n) is 10.9. The molecule has 1 N–H and O–H groups in total. The van der Waals surface area contributed by atoms with E-state index in [1.165, 1.54) is 11.1 Å². The van der Waals surface area contributed by atoms with Gasteiger partial charge < -0.3 is 5.32 Å². The summed E-state index contributed by atoms with van der Waals surface area (Å²) >= 11 is 0. The SMILES string of the molecule is C/C=C(\C)CC(=O)NCCc1cccc(C)c1. The summed E-state index contributed by atoms with van der Waals surface area (Å²) in [6.45, 7) is 6.71. The van der Waals surface area contributed by atoms with Gasteiger partial charge in [0.25, 0.3) is 0 Å². The molecule has 92 valence electrons. The smallest absolute Gasteiger partial charge is 0.224 e. The van der Waals surface area contributed by atoms with Gasteiger partial charge in [-0.05, 0) is 32.8 Å². The van der Waals surface area contributed by atoms with Gasteiger partial charge in [0.2, 0.25) is 5.91 Å². The first-order chi connectivity index (χ1) is 8.11. The van der Waals surface area contributed by atoms with Gasteiger partial charge in [-0.3, -0.25) is 4.79 Å². The predicted octanol–water partition coefficient (Wildman–Crippen LogP) is 3.01. The largest absolute Gasteiger partial charge is 0.355 e. The number of amides is 1. The number of carbonyl (C=O) groups is 1. The van der Waals surface area contributed by atoms with Crippen LogP contribution in [0.4, 0.5) is 0 Å². The fraction of sp³-hybridized carbons (Fsp3) is 0.400. The first-order valence-corrected chi connectivity index (χ1v) is 6.06. The van der Waals surface area contributed by atoms with Gasteiger partial charge in [0.15, 0.2) is 0 Å². The Balaban J connectivity index is 2.31. The van der Waals surface area contributed by atoms with Crippen molar-refractivity contribution in [1.82, 2.24) is 5.32 Å². The Kier molecular flexibility index (Phi) is 5.47. The standard InChI is InChI=1S/C15H21NO/c1-4-12(2)11-15(17)16-9-8-14-7-5-6-13(3)10-14/h4-7,10H,8-9,11H2,1-3H3,(H,16,17)/b12-4+. The quantitative estimate of drug-likeness (QED) is 0.775. The Bertz CT molecular complexity index is 407. The maximum Gasteiger partial charge on any atom is 0.224 e. The van der Waals surface area contributed by atoms with E-state index in [4.69, 9.17) is 0 Å². The van der Waals surface area contributed by atoms with Crippen molar-refractivity contribution in [1.29, 1.82) is 0 Å². The van der Waals surface area contributed by atoms with Crippen LogP contribution in [0.25, 0.3) is 0 Å². The van der Waals surface area contributed by atoms with Gasteiger partial charge in [-0.1, -0.05) is 41.5 Å². The summed E-state index contributed by atoms with van der Waals surface area (Å²) < 4.78 is 0. The van der Waals surface area contributed by atoms with Crippen molar-refractivity contribution in [3.8, 4) is 0 Å². The normalized spacial score (nSPS) is 11.4. The summed E-state index contributed by atoms with van der Waals surface area (Å²) in [5.41, 5.74) is 3.64. The fourth-order valence-electron chi connectivity index (χ4n) is 1.63. The highest BCUT2D eigenvalue weighted by molar-refractivity contribution is 5.78. The third kappa shape index (κ3) is 5.34. The summed E-state index contributed by atoms with van der Waals surface area (Å²) in [5.74, 6) is 0.105. The lowest BCUT2D eigenvalue weighted by molar-refractivity contribution is -0.120. The summed E-state index contributed by atoms with van der Waals surface area (Å²) in [6.07, 6.45) is 3.37. The van der Waals surface area contributed by atoms with E-state index < -0.39 is 0 Å². The maximum atomic E-state index is 11.5. The molecule has 1 amide bonds. The molecule has 1 aromatic carbocycles. The van der Waals surface area contributed by atoms with E-state index in [0.717, 1.165) is 12.0 Å². The minimum absolute atomic E-state index is 0.105. The molecule has 1 rings (SSSR count). The van der Waals surface area contributed by atoms with Gasteiger partial charge in [0.1, 0.15) is 0 Å². The number of carbonyl (C=O) groups excluding carboxylic acids is 1. The van der Waals surface area contributed by atoms with Gasteiger partial charge in [-0.25, -0.2) is 0 Å². The van der Waals surface area contributed by atoms with Crippen molar-refractivity contribution >= 4 is 5.91 Å². The molecule has 1 aromatic rings. The number of hydrogen-bond donors (Lipinski definition) is 1. The predicted molar refractivity (Wildman–Crippen MR) is 71.9 cm³/mol. The third-order valence-corrected chi connectivity index (χ3v) is 2.75. The Morgan fingerprint density at radius 3 is 2.82 bits per heavy atom. The minimum atomic E-state index is 0.105. The molecular weight excluding hydrogens is 210 g/mol. The molecule has 2 heteroatoms. The lowest BCUT2D eigenvalue weighted by atomic mass is 10.1. The van der Waals surface area contributed by atoms with Crippen molar-refractivity contribution in [2.24, 2.45) is 0 Å². The van der Waals surface area contributed by atoms with Gasteiger partial charge >= 0.3 is 0 Å². The van der Waals surface area contributed by atoms with Crippen molar-refractivity contribution < 1.29 is 4.79 Å². The number of aryl methyl sites for hydroxylation is 1. The monoisotopic (exact) mass is 231 g/mol. The first kappa shape index (κ1) is 13.5. The van der Waals surface area contributed by atoms with E-state index in [0.29, 0.717) is 13.0 Å². The van der Waals surface area contributed by atoms with E-state index in [-0.39, 0.29) is 5.91 Å². The molecule has 0 spiro atoms. The zero-order valence-corrected chi connectivity index (χ0v) is 10.9. The molecule has 0 unspecified atom stereocenters. The molecule has 0 saturated carbocycles. The molecule has 0 radical (unpaired) electrons.